The number of sulfone groups is 1. The van der Waals surface area contributed by atoms with E-state index in [0.717, 1.165) is 18.4 Å². The highest BCUT2D eigenvalue weighted by atomic mass is 32.2. The second-order valence-electron chi connectivity index (χ2n) is 9.53. The average Bonchev–Trinajstić information content (AvgIpc) is 3.54. The van der Waals surface area contributed by atoms with Crippen LogP contribution in [-0.2, 0) is 26.0 Å². The van der Waals surface area contributed by atoms with Gasteiger partial charge < -0.3 is 15.1 Å². The smallest absolute Gasteiger partial charge is 0.318 e. The number of fused-ring (bicyclic) bond motifs is 1. The first kappa shape index (κ1) is 21.9. The van der Waals surface area contributed by atoms with Crippen molar-refractivity contribution in [3.05, 3.63) is 58.5 Å². The molecule has 1 saturated heterocycles. The summed E-state index contributed by atoms with van der Waals surface area (Å²) in [5.41, 5.74) is 0.300. The highest BCUT2D eigenvalue weighted by molar-refractivity contribution is 7.95. The van der Waals surface area contributed by atoms with Crippen LogP contribution in [0.2, 0.25) is 0 Å². The van der Waals surface area contributed by atoms with E-state index in [-0.39, 0.29) is 47.9 Å². The molecular weight excluding hydrogens is 442 g/mol. The zero-order valence-corrected chi connectivity index (χ0v) is 19.3. The number of hydrogen-bond acceptors (Lipinski definition) is 5. The SMILES string of the molecule is C[C@@H](C1CC1)N(Cc1ccccc1)C(=O)CN1CC2(CS(=O)(=O)C3=C2CC(=O)C=C3)NC1=O. The maximum Gasteiger partial charge on any atom is 0.318 e. The summed E-state index contributed by atoms with van der Waals surface area (Å²) in [5.74, 6) is -0.184. The van der Waals surface area contributed by atoms with E-state index >= 15 is 0 Å². The summed E-state index contributed by atoms with van der Waals surface area (Å²) in [6.45, 7) is 2.42. The number of amides is 3. The maximum absolute atomic E-state index is 13.4. The number of carbonyl (C=O) groups excluding carboxylic acids is 3. The first-order chi connectivity index (χ1) is 15.7. The van der Waals surface area contributed by atoms with Crippen molar-refractivity contribution in [3.63, 3.8) is 0 Å². The standard InChI is InChI=1S/C24H27N3O5S/c1-16(18-7-8-18)27(12-17-5-3-2-4-6-17)22(29)13-26-14-24(25-23(26)30)15-33(31,32)21-10-9-19(28)11-20(21)24/h2-6,9-10,16,18H,7-8,11-15H2,1H3,(H,25,30)/t16-,24?/m0/s1. The number of urea groups is 1. The molecule has 2 atom stereocenters. The Bertz CT molecular complexity index is 1190. The van der Waals surface area contributed by atoms with Crippen molar-refractivity contribution >= 4 is 27.6 Å². The number of rotatable bonds is 6. The van der Waals surface area contributed by atoms with Gasteiger partial charge in [0.2, 0.25) is 5.91 Å². The molecule has 2 fully saturated rings. The van der Waals surface area contributed by atoms with Crippen LogP contribution in [0.5, 0.6) is 0 Å². The van der Waals surface area contributed by atoms with Crippen LogP contribution in [0.1, 0.15) is 31.7 Å². The molecule has 174 valence electrons. The van der Waals surface area contributed by atoms with E-state index in [9.17, 15) is 22.8 Å². The average molecular weight is 470 g/mol. The number of nitrogens with one attached hydrogen (secondary N) is 1. The van der Waals surface area contributed by atoms with E-state index < -0.39 is 21.4 Å². The van der Waals surface area contributed by atoms with Gasteiger partial charge in [-0.1, -0.05) is 30.3 Å². The van der Waals surface area contributed by atoms with Crippen molar-refractivity contribution < 1.29 is 22.8 Å². The van der Waals surface area contributed by atoms with Crippen LogP contribution in [0.15, 0.2) is 53.0 Å². The van der Waals surface area contributed by atoms with Gasteiger partial charge in [0.25, 0.3) is 0 Å². The first-order valence-corrected chi connectivity index (χ1v) is 12.9. The minimum atomic E-state index is -3.61. The summed E-state index contributed by atoms with van der Waals surface area (Å²) in [6, 6.07) is 9.32. The Morgan fingerprint density at radius 1 is 1.21 bits per heavy atom. The number of carbonyl (C=O) groups is 3. The summed E-state index contributed by atoms with van der Waals surface area (Å²) < 4.78 is 25.4. The number of ketones is 1. The Hall–Kier alpha value is -2.94. The lowest BCUT2D eigenvalue weighted by molar-refractivity contribution is -0.135. The van der Waals surface area contributed by atoms with Crippen molar-refractivity contribution in [2.45, 2.75) is 44.3 Å². The summed E-state index contributed by atoms with van der Waals surface area (Å²) in [4.78, 5) is 41.6. The molecule has 33 heavy (non-hydrogen) atoms. The van der Waals surface area contributed by atoms with Crippen LogP contribution in [0, 0.1) is 5.92 Å². The highest BCUT2D eigenvalue weighted by Gasteiger charge is 2.55. The Kier molecular flexibility index (Phi) is 5.19. The molecule has 1 aromatic rings. The molecule has 0 aromatic heterocycles. The molecule has 8 nitrogen and oxygen atoms in total. The Balaban J connectivity index is 1.36. The fourth-order valence-corrected chi connectivity index (χ4v) is 7.26. The number of allylic oxidation sites excluding steroid dienone is 2. The van der Waals surface area contributed by atoms with Crippen molar-refractivity contribution in [2.75, 3.05) is 18.8 Å². The fourth-order valence-electron chi connectivity index (χ4n) is 5.20. The molecule has 2 aliphatic heterocycles. The topological polar surface area (TPSA) is 104 Å². The predicted molar refractivity (Wildman–Crippen MR) is 122 cm³/mol. The zero-order chi connectivity index (χ0) is 23.4. The van der Waals surface area contributed by atoms with Crippen LogP contribution in [0.3, 0.4) is 0 Å². The van der Waals surface area contributed by atoms with Gasteiger partial charge in [0, 0.05) is 19.0 Å². The zero-order valence-electron chi connectivity index (χ0n) is 18.5. The molecule has 4 aliphatic rings. The largest absolute Gasteiger partial charge is 0.334 e. The van der Waals surface area contributed by atoms with E-state index in [1.54, 1.807) is 0 Å². The Morgan fingerprint density at radius 3 is 2.64 bits per heavy atom. The third kappa shape index (κ3) is 3.99. The number of benzene rings is 1. The van der Waals surface area contributed by atoms with Crippen LogP contribution < -0.4 is 5.32 Å². The molecule has 1 aromatic carbocycles. The van der Waals surface area contributed by atoms with Gasteiger partial charge in [0.15, 0.2) is 15.6 Å². The third-order valence-electron chi connectivity index (χ3n) is 7.15. The molecule has 0 bridgehead atoms. The van der Waals surface area contributed by atoms with E-state index in [0.29, 0.717) is 18.0 Å². The van der Waals surface area contributed by atoms with E-state index in [1.807, 2.05) is 42.2 Å². The predicted octanol–water partition coefficient (Wildman–Crippen LogP) is 1.79. The van der Waals surface area contributed by atoms with E-state index in [1.165, 1.54) is 17.1 Å². The molecule has 0 radical (unpaired) electrons. The summed E-state index contributed by atoms with van der Waals surface area (Å²) in [6.07, 6.45) is 4.75. The lowest BCUT2D eigenvalue weighted by Gasteiger charge is -2.31. The minimum absolute atomic E-state index is 0.0357. The Labute approximate surface area is 193 Å². The molecular formula is C24H27N3O5S. The quantitative estimate of drug-likeness (QED) is 0.684. The van der Waals surface area contributed by atoms with Gasteiger partial charge in [-0.25, -0.2) is 13.2 Å². The van der Waals surface area contributed by atoms with Crippen molar-refractivity contribution in [1.29, 1.82) is 0 Å². The second kappa shape index (κ2) is 7.83. The van der Waals surface area contributed by atoms with Crippen LogP contribution in [0.4, 0.5) is 4.79 Å². The van der Waals surface area contributed by atoms with Gasteiger partial charge >= 0.3 is 6.03 Å². The van der Waals surface area contributed by atoms with Crippen molar-refractivity contribution in [2.24, 2.45) is 5.92 Å². The molecule has 1 unspecified atom stereocenters. The molecule has 2 aliphatic carbocycles. The number of hydrogen-bond donors (Lipinski definition) is 1. The fraction of sp³-hybridized carbons (Fsp3) is 0.458. The van der Waals surface area contributed by atoms with Crippen molar-refractivity contribution in [3.8, 4) is 0 Å². The lowest BCUT2D eigenvalue weighted by Crippen LogP contribution is -2.48. The monoisotopic (exact) mass is 469 g/mol. The maximum atomic E-state index is 13.4. The molecule has 3 amide bonds. The molecule has 2 heterocycles. The normalized spacial score (nSPS) is 26.5. The van der Waals surface area contributed by atoms with Gasteiger partial charge in [-0.3, -0.25) is 9.59 Å². The summed E-state index contributed by atoms with van der Waals surface area (Å²) in [5, 5.41) is 2.81. The molecule has 1 spiro atoms. The highest BCUT2D eigenvalue weighted by Crippen LogP contribution is 2.42. The molecule has 1 N–H and O–H groups in total. The van der Waals surface area contributed by atoms with E-state index in [4.69, 9.17) is 0 Å². The first-order valence-electron chi connectivity index (χ1n) is 11.3. The number of nitrogens with zero attached hydrogens (tertiary/aromatic N) is 2. The van der Waals surface area contributed by atoms with Crippen LogP contribution in [0.25, 0.3) is 0 Å². The molecule has 5 rings (SSSR count). The van der Waals surface area contributed by atoms with E-state index in [2.05, 4.69) is 5.32 Å². The van der Waals surface area contributed by atoms with Crippen molar-refractivity contribution in [1.82, 2.24) is 15.1 Å². The second-order valence-corrected chi connectivity index (χ2v) is 11.5. The Morgan fingerprint density at radius 2 is 1.94 bits per heavy atom. The molecule has 1 saturated carbocycles. The van der Waals surface area contributed by atoms with Crippen LogP contribution in [-0.4, -0.2) is 66.4 Å². The van der Waals surface area contributed by atoms with Crippen LogP contribution >= 0.6 is 0 Å². The summed E-state index contributed by atoms with van der Waals surface area (Å²) >= 11 is 0. The minimum Gasteiger partial charge on any atom is -0.334 e. The van der Waals surface area contributed by atoms with Gasteiger partial charge in [-0.15, -0.1) is 0 Å². The van der Waals surface area contributed by atoms with Gasteiger partial charge in [0.1, 0.15) is 6.54 Å². The van der Waals surface area contributed by atoms with Gasteiger partial charge in [0.05, 0.1) is 22.7 Å². The molecule has 9 heteroatoms. The lowest BCUT2D eigenvalue weighted by atomic mass is 9.86. The third-order valence-corrected chi connectivity index (χ3v) is 9.08. The van der Waals surface area contributed by atoms with Gasteiger partial charge in [-0.2, -0.15) is 0 Å². The van der Waals surface area contributed by atoms with Gasteiger partial charge in [-0.05, 0) is 49.0 Å². The summed E-state index contributed by atoms with van der Waals surface area (Å²) in [7, 11) is -3.61.